The Hall–Kier alpha value is -0.380. The molecular formula is C11H18O3. The summed E-state index contributed by atoms with van der Waals surface area (Å²) in [7, 11) is 0. The third-order valence-corrected chi connectivity index (χ3v) is 2.91. The summed E-state index contributed by atoms with van der Waals surface area (Å²) in [4.78, 5) is 0. The minimum absolute atomic E-state index is 0.00315. The molecule has 0 aromatic rings. The first-order valence-corrected chi connectivity index (χ1v) is 5.13. The Labute approximate surface area is 84.7 Å². The molecular weight excluding hydrogens is 180 g/mol. The maximum atomic E-state index is 9.03. The molecule has 80 valence electrons. The van der Waals surface area contributed by atoms with Crippen LogP contribution in [0.15, 0.2) is 12.2 Å². The molecule has 2 aliphatic rings. The van der Waals surface area contributed by atoms with Crippen molar-refractivity contribution in [2.24, 2.45) is 0 Å². The fraction of sp³-hybridized carbons (Fsp3) is 0.818. The van der Waals surface area contributed by atoms with E-state index in [2.05, 4.69) is 6.58 Å². The van der Waals surface area contributed by atoms with Gasteiger partial charge in [-0.1, -0.05) is 6.58 Å². The van der Waals surface area contributed by atoms with E-state index in [0.717, 1.165) is 24.8 Å². The van der Waals surface area contributed by atoms with Gasteiger partial charge in [0.1, 0.15) is 0 Å². The molecule has 0 aromatic heterocycles. The van der Waals surface area contributed by atoms with Crippen LogP contribution in [0.3, 0.4) is 0 Å². The predicted molar refractivity (Wildman–Crippen MR) is 52.8 cm³/mol. The SMILES string of the molecule is C=C(CO)[C@@H]1CC2(CC2)OC(C)(C)O1. The van der Waals surface area contributed by atoms with E-state index < -0.39 is 5.79 Å². The van der Waals surface area contributed by atoms with Crippen molar-refractivity contribution < 1.29 is 14.6 Å². The van der Waals surface area contributed by atoms with Gasteiger partial charge in [0.15, 0.2) is 5.79 Å². The van der Waals surface area contributed by atoms with Crippen LogP contribution in [0.2, 0.25) is 0 Å². The van der Waals surface area contributed by atoms with Gasteiger partial charge in [0.25, 0.3) is 0 Å². The second-order valence-electron chi connectivity index (χ2n) is 4.81. The van der Waals surface area contributed by atoms with Gasteiger partial charge in [0.2, 0.25) is 0 Å². The van der Waals surface area contributed by atoms with E-state index in [-0.39, 0.29) is 18.3 Å². The zero-order valence-corrected chi connectivity index (χ0v) is 8.88. The van der Waals surface area contributed by atoms with Gasteiger partial charge in [-0.2, -0.15) is 0 Å². The number of ether oxygens (including phenoxy) is 2. The first-order valence-electron chi connectivity index (χ1n) is 5.13. The van der Waals surface area contributed by atoms with Gasteiger partial charge >= 0.3 is 0 Å². The van der Waals surface area contributed by atoms with Crippen LogP contribution in [0, 0.1) is 0 Å². The second kappa shape index (κ2) is 3.05. The van der Waals surface area contributed by atoms with E-state index in [9.17, 15) is 0 Å². The van der Waals surface area contributed by atoms with Crippen molar-refractivity contribution in [2.75, 3.05) is 6.61 Å². The van der Waals surface area contributed by atoms with E-state index in [0.29, 0.717) is 0 Å². The number of rotatable bonds is 2. The first-order chi connectivity index (χ1) is 6.46. The van der Waals surface area contributed by atoms with E-state index in [4.69, 9.17) is 14.6 Å². The molecule has 0 amide bonds. The van der Waals surface area contributed by atoms with Crippen molar-refractivity contribution in [2.45, 2.75) is 50.6 Å². The van der Waals surface area contributed by atoms with Crippen LogP contribution in [-0.4, -0.2) is 29.2 Å². The Morgan fingerprint density at radius 2 is 2.14 bits per heavy atom. The average Bonchev–Trinajstić information content (AvgIpc) is 2.80. The van der Waals surface area contributed by atoms with Crippen LogP contribution in [0.5, 0.6) is 0 Å². The molecule has 0 aromatic carbocycles. The quantitative estimate of drug-likeness (QED) is 0.685. The molecule has 1 atom stereocenters. The predicted octanol–water partition coefficient (Wildman–Crippen LogP) is 1.61. The van der Waals surface area contributed by atoms with Gasteiger partial charge in [0.05, 0.1) is 18.3 Å². The average molecular weight is 198 g/mol. The Bertz CT molecular complexity index is 247. The first kappa shape index (κ1) is 10.1. The lowest BCUT2D eigenvalue weighted by atomic mass is 10.0. The standard InChI is InChI=1S/C11H18O3/c1-8(7-12)9-6-11(4-5-11)14-10(2,3)13-9/h9,12H,1,4-7H2,2-3H3/t9-/m0/s1. The Balaban J connectivity index is 2.09. The van der Waals surface area contributed by atoms with Crippen LogP contribution in [-0.2, 0) is 9.47 Å². The van der Waals surface area contributed by atoms with Gasteiger partial charge in [-0.25, -0.2) is 0 Å². The molecule has 0 bridgehead atoms. The minimum atomic E-state index is -0.544. The van der Waals surface area contributed by atoms with E-state index >= 15 is 0 Å². The maximum absolute atomic E-state index is 9.03. The molecule has 1 spiro atoms. The molecule has 2 rings (SSSR count). The van der Waals surface area contributed by atoms with Crippen molar-refractivity contribution in [3.63, 3.8) is 0 Å². The number of aliphatic hydroxyl groups excluding tert-OH is 1. The molecule has 14 heavy (non-hydrogen) atoms. The molecule has 1 aliphatic heterocycles. The van der Waals surface area contributed by atoms with Crippen LogP contribution >= 0.6 is 0 Å². The van der Waals surface area contributed by atoms with E-state index in [1.54, 1.807) is 0 Å². The third kappa shape index (κ3) is 1.85. The molecule has 1 aliphatic carbocycles. The molecule has 3 nitrogen and oxygen atoms in total. The monoisotopic (exact) mass is 198 g/mol. The summed E-state index contributed by atoms with van der Waals surface area (Å²) in [6.07, 6.45) is 3.01. The second-order valence-corrected chi connectivity index (χ2v) is 4.81. The molecule has 0 radical (unpaired) electrons. The van der Waals surface area contributed by atoms with Gasteiger partial charge in [0, 0.05) is 6.42 Å². The van der Waals surface area contributed by atoms with Crippen molar-refractivity contribution >= 4 is 0 Å². The van der Waals surface area contributed by atoms with Crippen LogP contribution in [0.4, 0.5) is 0 Å². The maximum Gasteiger partial charge on any atom is 0.164 e. The van der Waals surface area contributed by atoms with Gasteiger partial charge < -0.3 is 14.6 Å². The lowest BCUT2D eigenvalue weighted by Gasteiger charge is -2.41. The molecule has 1 saturated carbocycles. The van der Waals surface area contributed by atoms with Gasteiger partial charge in [-0.15, -0.1) is 0 Å². The van der Waals surface area contributed by atoms with Gasteiger partial charge in [-0.05, 0) is 32.3 Å². The lowest BCUT2D eigenvalue weighted by molar-refractivity contribution is -0.302. The van der Waals surface area contributed by atoms with Crippen molar-refractivity contribution in [1.82, 2.24) is 0 Å². The molecule has 3 heteroatoms. The molecule has 1 heterocycles. The van der Waals surface area contributed by atoms with Crippen molar-refractivity contribution in [1.29, 1.82) is 0 Å². The van der Waals surface area contributed by atoms with E-state index in [1.807, 2.05) is 13.8 Å². The molecule has 0 unspecified atom stereocenters. The van der Waals surface area contributed by atoms with Crippen molar-refractivity contribution in [3.05, 3.63) is 12.2 Å². The summed E-state index contributed by atoms with van der Waals surface area (Å²) in [5.41, 5.74) is 0.775. The topological polar surface area (TPSA) is 38.7 Å². The highest BCUT2D eigenvalue weighted by molar-refractivity contribution is 5.11. The number of hydrogen-bond donors (Lipinski definition) is 1. The largest absolute Gasteiger partial charge is 0.392 e. The molecule has 2 fully saturated rings. The highest BCUT2D eigenvalue weighted by Crippen LogP contribution is 2.51. The summed E-state index contributed by atoms with van der Waals surface area (Å²) in [5, 5.41) is 9.03. The highest BCUT2D eigenvalue weighted by atomic mass is 16.7. The van der Waals surface area contributed by atoms with Crippen LogP contribution in [0.1, 0.15) is 33.1 Å². The minimum Gasteiger partial charge on any atom is -0.392 e. The Morgan fingerprint density at radius 1 is 1.50 bits per heavy atom. The fourth-order valence-electron chi connectivity index (χ4n) is 2.08. The van der Waals surface area contributed by atoms with Crippen LogP contribution < -0.4 is 0 Å². The summed E-state index contributed by atoms with van der Waals surface area (Å²) in [5.74, 6) is -0.544. The summed E-state index contributed by atoms with van der Waals surface area (Å²) in [6.45, 7) is 7.66. The highest BCUT2D eigenvalue weighted by Gasteiger charge is 2.53. The Kier molecular flexibility index (Phi) is 2.21. The van der Waals surface area contributed by atoms with Crippen LogP contribution in [0.25, 0.3) is 0 Å². The Morgan fingerprint density at radius 3 is 2.64 bits per heavy atom. The zero-order valence-electron chi connectivity index (χ0n) is 8.88. The molecule has 1 saturated heterocycles. The lowest BCUT2D eigenvalue weighted by Crippen LogP contribution is -2.46. The smallest absolute Gasteiger partial charge is 0.164 e. The van der Waals surface area contributed by atoms with Gasteiger partial charge in [-0.3, -0.25) is 0 Å². The number of hydrogen-bond acceptors (Lipinski definition) is 3. The summed E-state index contributed by atoms with van der Waals surface area (Å²) >= 11 is 0. The normalized spacial score (nSPS) is 32.9. The fourth-order valence-corrected chi connectivity index (χ4v) is 2.08. The zero-order chi connectivity index (χ0) is 10.4. The summed E-state index contributed by atoms with van der Waals surface area (Å²) in [6, 6.07) is 0. The summed E-state index contributed by atoms with van der Waals surface area (Å²) < 4.78 is 11.6. The third-order valence-electron chi connectivity index (χ3n) is 2.91. The van der Waals surface area contributed by atoms with E-state index in [1.165, 1.54) is 0 Å². The molecule has 1 N–H and O–H groups in total. The van der Waals surface area contributed by atoms with Crippen molar-refractivity contribution in [3.8, 4) is 0 Å². The number of aliphatic hydroxyl groups is 1.